The molecule has 0 spiro atoms. The first-order chi connectivity index (χ1) is 15.3. The van der Waals surface area contributed by atoms with Gasteiger partial charge in [0, 0.05) is 11.8 Å². The molecule has 0 aliphatic carbocycles. The predicted octanol–water partition coefficient (Wildman–Crippen LogP) is 4.37. The summed E-state index contributed by atoms with van der Waals surface area (Å²) in [5, 5.41) is 3.42. The molecule has 1 saturated heterocycles. The molecule has 0 saturated carbocycles. The summed E-state index contributed by atoms with van der Waals surface area (Å²) < 4.78 is 40.7. The van der Waals surface area contributed by atoms with Crippen LogP contribution in [0.1, 0.15) is 58.3 Å². The standard InChI is InChI=1S/C23H32N4O4S/c1-4-16-8-9-21(30-13-16)20-12-22-26-23(25-20)27-32(28,29)19-7-5-6-17(11-19)24-18(14-31-22)10-15(2)3/h5-7,11-12,15-16,18,21,24H,4,8-10,13-14H2,1-3H3,(H,25,26,27)/t16-,18+,21?/m0/s1. The van der Waals surface area contributed by atoms with E-state index in [1.165, 1.54) is 0 Å². The molecule has 1 aromatic carbocycles. The van der Waals surface area contributed by atoms with Crippen LogP contribution in [0.4, 0.5) is 11.6 Å². The van der Waals surface area contributed by atoms with Crippen LogP contribution in [0.25, 0.3) is 0 Å². The van der Waals surface area contributed by atoms with E-state index in [2.05, 4.69) is 40.8 Å². The molecule has 2 aliphatic rings. The molecular formula is C23H32N4O4S. The molecule has 1 aromatic heterocycles. The smallest absolute Gasteiger partial charge is 0.264 e. The number of anilines is 2. The molecule has 2 aromatic rings. The Kier molecular flexibility index (Phi) is 6.85. The number of sulfonamides is 1. The van der Waals surface area contributed by atoms with Crippen LogP contribution < -0.4 is 14.8 Å². The third-order valence-corrected chi connectivity index (χ3v) is 7.25. The Labute approximate surface area is 190 Å². The van der Waals surface area contributed by atoms with Crippen molar-refractivity contribution in [2.75, 3.05) is 23.3 Å². The molecular weight excluding hydrogens is 428 g/mol. The normalized spacial score (nSPS) is 24.9. The maximum absolute atomic E-state index is 13.0. The minimum absolute atomic E-state index is 0.00144. The number of rotatable bonds is 4. The highest BCUT2D eigenvalue weighted by Crippen LogP contribution is 2.33. The van der Waals surface area contributed by atoms with E-state index in [0.29, 0.717) is 36.6 Å². The lowest BCUT2D eigenvalue weighted by Gasteiger charge is -2.28. The van der Waals surface area contributed by atoms with Gasteiger partial charge in [-0.2, -0.15) is 4.98 Å². The maximum atomic E-state index is 13.0. The fourth-order valence-corrected chi connectivity index (χ4v) is 5.17. The van der Waals surface area contributed by atoms with Gasteiger partial charge in [-0.25, -0.2) is 18.1 Å². The first-order valence-electron chi connectivity index (χ1n) is 11.3. The molecule has 8 nitrogen and oxygen atoms in total. The van der Waals surface area contributed by atoms with Gasteiger partial charge in [0.05, 0.1) is 29.3 Å². The zero-order chi connectivity index (χ0) is 22.7. The summed E-state index contributed by atoms with van der Waals surface area (Å²) in [5.41, 5.74) is 1.37. The van der Waals surface area contributed by atoms with Crippen LogP contribution in [0, 0.1) is 11.8 Å². The summed E-state index contributed by atoms with van der Waals surface area (Å²) in [6.45, 7) is 7.53. The Bertz CT molecular complexity index is 1040. The largest absolute Gasteiger partial charge is 0.475 e. The number of benzene rings is 1. The van der Waals surface area contributed by atoms with Crippen molar-refractivity contribution in [3.05, 3.63) is 36.0 Å². The minimum Gasteiger partial charge on any atom is -0.475 e. The van der Waals surface area contributed by atoms with E-state index in [-0.39, 0.29) is 23.0 Å². The molecule has 1 unspecified atom stereocenters. The second-order valence-corrected chi connectivity index (χ2v) is 10.7. The summed E-state index contributed by atoms with van der Waals surface area (Å²) >= 11 is 0. The predicted molar refractivity (Wildman–Crippen MR) is 123 cm³/mol. The molecule has 32 heavy (non-hydrogen) atoms. The summed E-state index contributed by atoms with van der Waals surface area (Å²) in [7, 11) is -3.86. The van der Waals surface area contributed by atoms with Crippen LogP contribution in [0.2, 0.25) is 0 Å². The molecule has 1 fully saturated rings. The first-order valence-corrected chi connectivity index (χ1v) is 12.8. The van der Waals surface area contributed by atoms with Crippen molar-refractivity contribution in [1.29, 1.82) is 0 Å². The van der Waals surface area contributed by atoms with Crippen molar-refractivity contribution in [3.8, 4) is 5.88 Å². The Hall–Kier alpha value is -2.39. The van der Waals surface area contributed by atoms with E-state index in [1.54, 1.807) is 24.3 Å². The van der Waals surface area contributed by atoms with Crippen molar-refractivity contribution in [3.63, 3.8) is 0 Å². The topological polar surface area (TPSA) is 102 Å². The molecule has 9 heteroatoms. The number of nitrogens with zero attached hydrogens (tertiary/aromatic N) is 2. The van der Waals surface area contributed by atoms with Gasteiger partial charge in [-0.3, -0.25) is 0 Å². The summed E-state index contributed by atoms with van der Waals surface area (Å²) in [5.74, 6) is 1.33. The summed E-state index contributed by atoms with van der Waals surface area (Å²) in [6.07, 6.45) is 3.63. The Balaban J connectivity index is 1.69. The number of nitrogens with one attached hydrogen (secondary N) is 2. The summed E-state index contributed by atoms with van der Waals surface area (Å²) in [4.78, 5) is 8.98. The Morgan fingerprint density at radius 2 is 2.00 bits per heavy atom. The summed E-state index contributed by atoms with van der Waals surface area (Å²) in [6, 6.07) is 8.53. The van der Waals surface area contributed by atoms with Gasteiger partial charge in [0.25, 0.3) is 10.0 Å². The average molecular weight is 461 g/mol. The van der Waals surface area contributed by atoms with Crippen molar-refractivity contribution >= 4 is 21.7 Å². The molecule has 0 radical (unpaired) electrons. The number of hydrogen-bond acceptors (Lipinski definition) is 7. The fourth-order valence-electron chi connectivity index (χ4n) is 4.18. The minimum atomic E-state index is -3.86. The number of aromatic nitrogens is 2. The van der Waals surface area contributed by atoms with Gasteiger partial charge in [0.2, 0.25) is 11.8 Å². The van der Waals surface area contributed by atoms with Crippen molar-refractivity contribution < 1.29 is 17.9 Å². The van der Waals surface area contributed by atoms with E-state index in [4.69, 9.17) is 9.47 Å². The van der Waals surface area contributed by atoms with E-state index in [1.807, 2.05) is 6.07 Å². The molecule has 174 valence electrons. The number of fused-ring (bicyclic) bond motifs is 4. The van der Waals surface area contributed by atoms with Gasteiger partial charge >= 0.3 is 0 Å². The quantitative estimate of drug-likeness (QED) is 0.698. The average Bonchev–Trinajstić information content (AvgIpc) is 2.76. The zero-order valence-electron chi connectivity index (χ0n) is 18.9. The van der Waals surface area contributed by atoms with Crippen molar-refractivity contribution in [2.45, 2.75) is 63.5 Å². The second kappa shape index (κ2) is 9.62. The highest BCUT2D eigenvalue weighted by atomic mass is 32.2. The molecule has 2 aliphatic heterocycles. The fraction of sp³-hybridized carbons (Fsp3) is 0.565. The molecule has 3 heterocycles. The van der Waals surface area contributed by atoms with Crippen LogP contribution in [-0.2, 0) is 14.8 Å². The highest BCUT2D eigenvalue weighted by Gasteiger charge is 2.26. The van der Waals surface area contributed by atoms with Crippen LogP contribution in [0.3, 0.4) is 0 Å². The first kappa shape index (κ1) is 22.8. The van der Waals surface area contributed by atoms with E-state index in [9.17, 15) is 8.42 Å². The zero-order valence-corrected chi connectivity index (χ0v) is 19.7. The van der Waals surface area contributed by atoms with Gasteiger partial charge in [0.1, 0.15) is 6.61 Å². The van der Waals surface area contributed by atoms with Gasteiger partial charge in [-0.15, -0.1) is 0 Å². The second-order valence-electron chi connectivity index (χ2n) is 9.04. The van der Waals surface area contributed by atoms with Gasteiger partial charge in [-0.1, -0.05) is 33.3 Å². The Morgan fingerprint density at radius 1 is 1.16 bits per heavy atom. The van der Waals surface area contributed by atoms with Gasteiger partial charge < -0.3 is 14.8 Å². The van der Waals surface area contributed by atoms with Crippen molar-refractivity contribution in [1.82, 2.24) is 9.97 Å². The lowest BCUT2D eigenvalue weighted by molar-refractivity contribution is -0.0204. The number of ether oxygens (including phenoxy) is 2. The molecule has 2 N–H and O–H groups in total. The van der Waals surface area contributed by atoms with Crippen molar-refractivity contribution in [2.24, 2.45) is 11.8 Å². The third-order valence-electron chi connectivity index (χ3n) is 5.93. The molecule has 4 bridgehead atoms. The van der Waals surface area contributed by atoms with Gasteiger partial charge in [0.15, 0.2) is 0 Å². The maximum Gasteiger partial charge on any atom is 0.264 e. The van der Waals surface area contributed by atoms with E-state index in [0.717, 1.165) is 31.4 Å². The number of hydrogen-bond donors (Lipinski definition) is 2. The molecule has 3 atom stereocenters. The lowest BCUT2D eigenvalue weighted by Crippen LogP contribution is -2.29. The monoisotopic (exact) mass is 460 g/mol. The molecule has 0 amide bonds. The van der Waals surface area contributed by atoms with Gasteiger partial charge in [-0.05, 0) is 49.3 Å². The SMILES string of the molecule is CC[C@H]1CCC(c2cc3nc(n2)NS(=O)(=O)c2cccc(c2)N[C@H](CC(C)C)CO3)OC1. The third kappa shape index (κ3) is 5.50. The van der Waals surface area contributed by atoms with E-state index >= 15 is 0 Å². The lowest BCUT2D eigenvalue weighted by atomic mass is 9.95. The Morgan fingerprint density at radius 3 is 2.72 bits per heavy atom. The van der Waals surface area contributed by atoms with E-state index < -0.39 is 10.0 Å². The van der Waals surface area contributed by atoms with Crippen LogP contribution in [0.15, 0.2) is 35.2 Å². The van der Waals surface area contributed by atoms with Crippen LogP contribution in [-0.4, -0.2) is 37.6 Å². The van der Waals surface area contributed by atoms with Crippen LogP contribution in [0.5, 0.6) is 5.88 Å². The highest BCUT2D eigenvalue weighted by molar-refractivity contribution is 7.92. The van der Waals surface area contributed by atoms with Crippen LogP contribution >= 0.6 is 0 Å². The molecule has 4 rings (SSSR count).